The molecule has 22 heavy (non-hydrogen) atoms. The summed E-state index contributed by atoms with van der Waals surface area (Å²) in [6.45, 7) is 3.91. The monoisotopic (exact) mass is 319 g/mol. The molecule has 0 bridgehead atoms. The van der Waals surface area contributed by atoms with Crippen molar-refractivity contribution < 1.29 is 27.8 Å². The smallest absolute Gasteiger partial charge is 0.415 e. The molecule has 7 heteroatoms. The Labute approximate surface area is 127 Å². The first kappa shape index (κ1) is 18.3. The number of ether oxygens (including phenoxy) is 1. The van der Waals surface area contributed by atoms with Crippen molar-refractivity contribution in [3.63, 3.8) is 0 Å². The molecule has 1 rings (SSSR count). The molecule has 0 saturated heterocycles. The zero-order chi connectivity index (χ0) is 17.0. The molecule has 0 spiro atoms. The lowest BCUT2D eigenvalue weighted by molar-refractivity contribution is -0.203. The number of alkyl halides is 3. The van der Waals surface area contributed by atoms with Crippen molar-refractivity contribution in [2.45, 2.75) is 44.5 Å². The molecule has 2 N–H and O–H groups in total. The largest absolute Gasteiger partial charge is 0.444 e. The molecule has 0 fully saturated rings. The maximum absolute atomic E-state index is 13.7. The summed E-state index contributed by atoms with van der Waals surface area (Å²) in [5.74, 6) is 0. The Morgan fingerprint density at radius 2 is 1.73 bits per heavy atom. The summed E-state index contributed by atoms with van der Waals surface area (Å²) in [6, 6.07) is 6.94. The van der Waals surface area contributed by atoms with Gasteiger partial charge in [-0.05, 0) is 26.3 Å². The number of amides is 1. The fourth-order valence-electron chi connectivity index (χ4n) is 2.02. The van der Waals surface area contributed by atoms with Gasteiger partial charge in [-0.2, -0.15) is 13.2 Å². The number of carbonyl (C=O) groups is 1. The van der Waals surface area contributed by atoms with Crippen LogP contribution in [0.4, 0.5) is 18.0 Å². The molecule has 4 nitrogen and oxygen atoms in total. The number of benzene rings is 1. The summed E-state index contributed by atoms with van der Waals surface area (Å²) >= 11 is 0. The number of alkyl carbamates (subject to hydrolysis) is 1. The minimum absolute atomic E-state index is 0.164. The van der Waals surface area contributed by atoms with Crippen molar-refractivity contribution in [3.05, 3.63) is 35.9 Å². The maximum Gasteiger partial charge on any atom is 0.415 e. The van der Waals surface area contributed by atoms with Crippen LogP contribution in [0, 0.1) is 0 Å². The molecule has 124 valence electrons. The lowest BCUT2D eigenvalue weighted by atomic mass is 9.86. The third-order valence-electron chi connectivity index (χ3n) is 2.95. The molecule has 0 saturated carbocycles. The van der Waals surface area contributed by atoms with Gasteiger partial charge < -0.3 is 15.2 Å². The van der Waals surface area contributed by atoms with Crippen LogP contribution in [0.15, 0.2) is 30.3 Å². The number of hydrogen-bond donors (Lipinski definition) is 2. The summed E-state index contributed by atoms with van der Waals surface area (Å²) in [7, 11) is 0. The van der Waals surface area contributed by atoms with Crippen LogP contribution in [-0.4, -0.2) is 29.6 Å². The van der Waals surface area contributed by atoms with E-state index < -0.39 is 36.4 Å². The predicted octanol–water partition coefficient (Wildman–Crippen LogP) is 3.35. The van der Waals surface area contributed by atoms with Gasteiger partial charge in [-0.25, -0.2) is 4.79 Å². The van der Waals surface area contributed by atoms with Crippen LogP contribution in [-0.2, 0) is 10.3 Å². The number of aliphatic hydroxyl groups excluding tert-OH is 1. The number of carbonyl (C=O) groups excluding carboxylic acids is 1. The van der Waals surface area contributed by atoms with Gasteiger partial charge in [0, 0.05) is 13.0 Å². The van der Waals surface area contributed by atoms with Gasteiger partial charge in [0.1, 0.15) is 5.60 Å². The Kier molecular flexibility index (Phi) is 5.45. The molecule has 1 aromatic rings. The fraction of sp³-hybridized carbons (Fsp3) is 0.533. The van der Waals surface area contributed by atoms with Gasteiger partial charge in [0.05, 0.1) is 0 Å². The molecule has 0 aromatic heterocycles. The van der Waals surface area contributed by atoms with Crippen LogP contribution >= 0.6 is 0 Å². The van der Waals surface area contributed by atoms with Crippen LogP contribution in [0.5, 0.6) is 0 Å². The van der Waals surface area contributed by atoms with Crippen molar-refractivity contribution in [2.24, 2.45) is 0 Å². The van der Waals surface area contributed by atoms with Crippen LogP contribution < -0.4 is 5.32 Å². The van der Waals surface area contributed by atoms with Crippen LogP contribution in [0.1, 0.15) is 32.8 Å². The summed E-state index contributed by atoms with van der Waals surface area (Å²) in [4.78, 5) is 11.9. The minimum atomic E-state index is -4.80. The van der Waals surface area contributed by atoms with Crippen molar-refractivity contribution in [1.82, 2.24) is 5.32 Å². The highest BCUT2D eigenvalue weighted by molar-refractivity contribution is 5.69. The standard InChI is InChI=1S/C15H20F3NO3/c1-13(2,3)22-12(21)19-14(9-10-20,15(16,17)18)11-7-5-4-6-8-11/h4-8,20H,9-10H2,1-3H3,(H,19,21). The van der Waals surface area contributed by atoms with E-state index in [0.717, 1.165) is 0 Å². The lowest BCUT2D eigenvalue weighted by Crippen LogP contribution is -2.57. The number of halogens is 3. The topological polar surface area (TPSA) is 58.6 Å². The molecule has 0 aliphatic rings. The van der Waals surface area contributed by atoms with Gasteiger partial charge in [0.25, 0.3) is 0 Å². The fourth-order valence-corrected chi connectivity index (χ4v) is 2.02. The van der Waals surface area contributed by atoms with E-state index >= 15 is 0 Å². The van der Waals surface area contributed by atoms with E-state index in [-0.39, 0.29) is 5.56 Å². The van der Waals surface area contributed by atoms with Crippen LogP contribution in [0.3, 0.4) is 0 Å². The Morgan fingerprint density at radius 1 is 1.18 bits per heavy atom. The second kappa shape index (κ2) is 6.56. The molecule has 0 aliphatic heterocycles. The maximum atomic E-state index is 13.7. The van der Waals surface area contributed by atoms with Gasteiger partial charge in [-0.15, -0.1) is 0 Å². The van der Waals surface area contributed by atoms with E-state index in [1.807, 2.05) is 5.32 Å². The summed E-state index contributed by atoms with van der Waals surface area (Å²) < 4.78 is 45.9. The van der Waals surface area contributed by atoms with Gasteiger partial charge in [0.2, 0.25) is 0 Å². The first-order valence-corrected chi connectivity index (χ1v) is 6.76. The van der Waals surface area contributed by atoms with E-state index in [4.69, 9.17) is 9.84 Å². The zero-order valence-electron chi connectivity index (χ0n) is 12.7. The number of aliphatic hydroxyl groups is 1. The van der Waals surface area contributed by atoms with E-state index in [1.165, 1.54) is 24.3 Å². The number of hydrogen-bond acceptors (Lipinski definition) is 3. The lowest BCUT2D eigenvalue weighted by Gasteiger charge is -2.37. The third-order valence-corrected chi connectivity index (χ3v) is 2.95. The van der Waals surface area contributed by atoms with Gasteiger partial charge in [-0.3, -0.25) is 0 Å². The molecular formula is C15H20F3NO3. The Bertz CT molecular complexity index is 497. The SMILES string of the molecule is CC(C)(C)OC(=O)NC(CCO)(c1ccccc1)C(F)(F)F. The summed E-state index contributed by atoms with van der Waals surface area (Å²) in [6.07, 6.45) is -6.70. The van der Waals surface area contributed by atoms with Crippen LogP contribution in [0.2, 0.25) is 0 Å². The molecule has 1 unspecified atom stereocenters. The quantitative estimate of drug-likeness (QED) is 0.895. The zero-order valence-corrected chi connectivity index (χ0v) is 12.7. The second-order valence-electron chi connectivity index (χ2n) is 5.87. The van der Waals surface area contributed by atoms with Gasteiger partial charge >= 0.3 is 12.3 Å². The van der Waals surface area contributed by atoms with E-state index in [2.05, 4.69) is 0 Å². The van der Waals surface area contributed by atoms with Crippen molar-refractivity contribution >= 4 is 6.09 Å². The molecule has 0 aliphatic carbocycles. The van der Waals surface area contributed by atoms with Crippen molar-refractivity contribution in [2.75, 3.05) is 6.61 Å². The average molecular weight is 319 g/mol. The molecular weight excluding hydrogens is 299 g/mol. The van der Waals surface area contributed by atoms with Crippen molar-refractivity contribution in [3.8, 4) is 0 Å². The molecule has 0 radical (unpaired) electrons. The molecule has 0 heterocycles. The minimum Gasteiger partial charge on any atom is -0.444 e. The Morgan fingerprint density at radius 3 is 2.14 bits per heavy atom. The van der Waals surface area contributed by atoms with Crippen molar-refractivity contribution in [1.29, 1.82) is 0 Å². The highest BCUT2D eigenvalue weighted by Crippen LogP contribution is 2.41. The molecule has 1 aromatic carbocycles. The number of rotatable bonds is 4. The summed E-state index contributed by atoms with van der Waals surface area (Å²) in [5, 5.41) is 11.0. The molecule has 1 atom stereocenters. The third kappa shape index (κ3) is 4.37. The Balaban J connectivity index is 3.24. The van der Waals surface area contributed by atoms with Gasteiger partial charge in [-0.1, -0.05) is 30.3 Å². The highest BCUT2D eigenvalue weighted by Gasteiger charge is 2.57. The summed E-state index contributed by atoms with van der Waals surface area (Å²) in [5.41, 5.74) is -3.80. The van der Waals surface area contributed by atoms with Crippen LogP contribution in [0.25, 0.3) is 0 Å². The first-order chi connectivity index (χ1) is 10.0. The van der Waals surface area contributed by atoms with E-state index in [9.17, 15) is 18.0 Å². The second-order valence-corrected chi connectivity index (χ2v) is 5.87. The molecule has 1 amide bonds. The average Bonchev–Trinajstić information content (AvgIpc) is 2.35. The van der Waals surface area contributed by atoms with Gasteiger partial charge in [0.15, 0.2) is 5.54 Å². The Hall–Kier alpha value is -1.76. The predicted molar refractivity (Wildman–Crippen MR) is 75.2 cm³/mol. The normalized spacial score (nSPS) is 15.0. The van der Waals surface area contributed by atoms with E-state index in [1.54, 1.807) is 26.8 Å². The highest BCUT2D eigenvalue weighted by atomic mass is 19.4. The first-order valence-electron chi connectivity index (χ1n) is 6.76. The number of nitrogens with one attached hydrogen (secondary N) is 1. The van der Waals surface area contributed by atoms with E-state index in [0.29, 0.717) is 0 Å².